The van der Waals surface area contributed by atoms with Crippen LogP contribution in [0.25, 0.3) is 11.0 Å². The summed E-state index contributed by atoms with van der Waals surface area (Å²) in [6.07, 6.45) is 1.14. The van der Waals surface area contributed by atoms with E-state index in [1.54, 1.807) is 29.2 Å². The molecule has 168 valence electrons. The van der Waals surface area contributed by atoms with E-state index in [1.807, 2.05) is 0 Å². The minimum atomic E-state index is -3.88. The SMILES string of the molecule is O=C([C@H]1CCCN1S(=O)(=O)c1cccc2nsnc12)N1CCN(c2ccc(F)cc2)CC1. The molecule has 1 amide bonds. The molecule has 0 N–H and O–H groups in total. The van der Waals surface area contributed by atoms with E-state index in [1.165, 1.54) is 22.5 Å². The van der Waals surface area contributed by atoms with Crippen LogP contribution in [0.1, 0.15) is 12.8 Å². The van der Waals surface area contributed by atoms with Crippen molar-refractivity contribution < 1.29 is 17.6 Å². The van der Waals surface area contributed by atoms with Crippen LogP contribution in [0.5, 0.6) is 0 Å². The highest BCUT2D eigenvalue weighted by atomic mass is 32.2. The third-order valence-corrected chi connectivity index (χ3v) is 8.59. The lowest BCUT2D eigenvalue weighted by atomic mass is 10.1. The fourth-order valence-corrected chi connectivity index (χ4v) is 6.84. The van der Waals surface area contributed by atoms with Crippen molar-refractivity contribution in [3.63, 3.8) is 0 Å². The molecule has 0 saturated carbocycles. The Labute approximate surface area is 189 Å². The topological polar surface area (TPSA) is 86.7 Å². The monoisotopic (exact) mass is 475 g/mol. The molecule has 0 spiro atoms. The van der Waals surface area contributed by atoms with Crippen molar-refractivity contribution in [2.75, 3.05) is 37.6 Å². The molecule has 11 heteroatoms. The van der Waals surface area contributed by atoms with Crippen LogP contribution >= 0.6 is 11.7 Å². The molecular weight excluding hydrogens is 453 g/mol. The van der Waals surface area contributed by atoms with E-state index in [0.717, 1.165) is 17.4 Å². The highest BCUT2D eigenvalue weighted by molar-refractivity contribution is 7.89. The predicted molar refractivity (Wildman–Crippen MR) is 120 cm³/mol. The summed E-state index contributed by atoms with van der Waals surface area (Å²) in [4.78, 5) is 17.3. The molecule has 2 aliphatic rings. The first-order valence-electron chi connectivity index (χ1n) is 10.5. The Bertz CT molecular complexity index is 1240. The molecule has 8 nitrogen and oxygen atoms in total. The normalized spacial score (nSPS) is 20.2. The Morgan fingerprint density at radius 1 is 1.00 bits per heavy atom. The Hall–Kier alpha value is -2.63. The molecule has 0 bridgehead atoms. The van der Waals surface area contributed by atoms with Gasteiger partial charge in [0.1, 0.15) is 27.8 Å². The number of rotatable bonds is 4. The van der Waals surface area contributed by atoms with E-state index >= 15 is 0 Å². The molecule has 2 aromatic carbocycles. The van der Waals surface area contributed by atoms with Gasteiger partial charge < -0.3 is 9.80 Å². The maximum Gasteiger partial charge on any atom is 0.246 e. The summed E-state index contributed by atoms with van der Waals surface area (Å²) in [6.45, 7) is 2.52. The molecule has 3 heterocycles. The third kappa shape index (κ3) is 3.74. The van der Waals surface area contributed by atoms with Gasteiger partial charge in [0.25, 0.3) is 0 Å². The zero-order chi connectivity index (χ0) is 22.3. The van der Waals surface area contributed by atoms with Gasteiger partial charge in [-0.25, -0.2) is 12.8 Å². The van der Waals surface area contributed by atoms with Crippen molar-refractivity contribution in [1.82, 2.24) is 18.0 Å². The fraction of sp³-hybridized carbons (Fsp3) is 0.381. The summed E-state index contributed by atoms with van der Waals surface area (Å²) in [5.74, 6) is -0.442. The molecule has 0 aliphatic carbocycles. The minimum absolute atomic E-state index is 0.101. The first-order chi connectivity index (χ1) is 15.4. The van der Waals surface area contributed by atoms with Gasteiger partial charge in [0.15, 0.2) is 0 Å². The van der Waals surface area contributed by atoms with Crippen molar-refractivity contribution in [3.8, 4) is 0 Å². The van der Waals surface area contributed by atoms with Crippen molar-refractivity contribution >= 4 is 44.4 Å². The van der Waals surface area contributed by atoms with Crippen LogP contribution in [0.4, 0.5) is 10.1 Å². The first kappa shape index (κ1) is 21.2. The highest BCUT2D eigenvalue weighted by Gasteiger charge is 2.42. The Morgan fingerprint density at radius 2 is 1.75 bits per heavy atom. The van der Waals surface area contributed by atoms with E-state index in [-0.39, 0.29) is 16.6 Å². The number of amides is 1. The number of hydrogen-bond acceptors (Lipinski definition) is 7. The number of halogens is 1. The van der Waals surface area contributed by atoms with Crippen molar-refractivity contribution in [2.45, 2.75) is 23.8 Å². The molecule has 2 saturated heterocycles. The maximum atomic E-state index is 13.5. The summed E-state index contributed by atoms with van der Waals surface area (Å²) in [7, 11) is -3.88. The van der Waals surface area contributed by atoms with Gasteiger partial charge >= 0.3 is 0 Å². The van der Waals surface area contributed by atoms with Crippen LogP contribution in [0.15, 0.2) is 47.4 Å². The number of nitrogens with zero attached hydrogens (tertiary/aromatic N) is 5. The lowest BCUT2D eigenvalue weighted by Crippen LogP contribution is -2.54. The van der Waals surface area contributed by atoms with Gasteiger partial charge in [-0.05, 0) is 49.2 Å². The molecule has 0 unspecified atom stereocenters. The van der Waals surface area contributed by atoms with Crippen molar-refractivity contribution in [2.24, 2.45) is 0 Å². The fourth-order valence-electron chi connectivity index (χ4n) is 4.44. The Kier molecular flexibility index (Phi) is 5.56. The molecule has 3 aromatic rings. The van der Waals surface area contributed by atoms with E-state index in [2.05, 4.69) is 13.6 Å². The van der Waals surface area contributed by atoms with E-state index in [4.69, 9.17) is 0 Å². The number of benzene rings is 2. The van der Waals surface area contributed by atoms with Crippen LogP contribution in [0.3, 0.4) is 0 Å². The van der Waals surface area contributed by atoms with Gasteiger partial charge in [0, 0.05) is 38.4 Å². The van der Waals surface area contributed by atoms with Gasteiger partial charge in [-0.15, -0.1) is 0 Å². The van der Waals surface area contributed by atoms with Crippen LogP contribution in [0, 0.1) is 5.82 Å². The number of hydrogen-bond donors (Lipinski definition) is 0. The second-order valence-corrected chi connectivity index (χ2v) is 10.3. The highest BCUT2D eigenvalue weighted by Crippen LogP contribution is 2.31. The average Bonchev–Trinajstić information content (AvgIpc) is 3.49. The van der Waals surface area contributed by atoms with Crippen LogP contribution in [-0.2, 0) is 14.8 Å². The van der Waals surface area contributed by atoms with E-state index in [9.17, 15) is 17.6 Å². The summed E-state index contributed by atoms with van der Waals surface area (Å²) >= 11 is 0.971. The van der Waals surface area contributed by atoms with Crippen molar-refractivity contribution in [3.05, 3.63) is 48.3 Å². The van der Waals surface area contributed by atoms with Crippen LogP contribution in [0.2, 0.25) is 0 Å². The number of carbonyl (C=O) groups excluding carboxylic acids is 1. The molecular formula is C21H22FN5O3S2. The number of sulfonamides is 1. The summed E-state index contributed by atoms with van der Waals surface area (Å²) in [6, 6.07) is 10.5. The van der Waals surface area contributed by atoms with E-state index in [0.29, 0.717) is 56.6 Å². The predicted octanol–water partition coefficient (Wildman–Crippen LogP) is 2.33. The number of anilines is 1. The van der Waals surface area contributed by atoms with E-state index < -0.39 is 16.1 Å². The zero-order valence-electron chi connectivity index (χ0n) is 17.2. The van der Waals surface area contributed by atoms with Gasteiger partial charge in [-0.2, -0.15) is 13.1 Å². The number of piperazine rings is 1. The number of fused-ring (bicyclic) bond motifs is 1. The van der Waals surface area contributed by atoms with Gasteiger partial charge in [-0.1, -0.05) is 6.07 Å². The third-order valence-electron chi connectivity index (χ3n) is 6.11. The minimum Gasteiger partial charge on any atom is -0.368 e. The zero-order valence-corrected chi connectivity index (χ0v) is 18.9. The average molecular weight is 476 g/mol. The second-order valence-electron chi connectivity index (χ2n) is 7.95. The quantitative estimate of drug-likeness (QED) is 0.576. The van der Waals surface area contributed by atoms with Crippen LogP contribution in [-0.4, -0.2) is 71.0 Å². The molecule has 0 radical (unpaired) electrons. The van der Waals surface area contributed by atoms with Gasteiger partial charge in [0.05, 0.1) is 11.7 Å². The first-order valence-corrected chi connectivity index (χ1v) is 12.6. The molecule has 1 atom stereocenters. The Balaban J connectivity index is 1.32. The lowest BCUT2D eigenvalue weighted by Gasteiger charge is -2.38. The molecule has 1 aromatic heterocycles. The molecule has 5 rings (SSSR count). The summed E-state index contributed by atoms with van der Waals surface area (Å²) in [5, 5.41) is 0. The van der Waals surface area contributed by atoms with Gasteiger partial charge in [-0.3, -0.25) is 4.79 Å². The largest absolute Gasteiger partial charge is 0.368 e. The molecule has 2 aliphatic heterocycles. The summed E-state index contributed by atoms with van der Waals surface area (Å²) < 4.78 is 49.7. The standard InChI is InChI=1S/C21H22FN5O3S2/c22-15-6-8-16(9-7-15)25-11-13-26(14-12-25)21(28)18-4-2-10-27(18)32(29,30)19-5-1-3-17-20(19)24-31-23-17/h1,3,5-9,18H,2,4,10-14H2/t18-/m1/s1. The number of carbonyl (C=O) groups is 1. The molecule has 2 fully saturated rings. The van der Waals surface area contributed by atoms with Crippen molar-refractivity contribution in [1.29, 1.82) is 0 Å². The smallest absolute Gasteiger partial charge is 0.246 e. The van der Waals surface area contributed by atoms with Gasteiger partial charge in [0.2, 0.25) is 15.9 Å². The summed E-state index contributed by atoms with van der Waals surface area (Å²) in [5.41, 5.74) is 1.80. The van der Waals surface area contributed by atoms with Crippen LogP contribution < -0.4 is 4.90 Å². The molecule has 32 heavy (non-hydrogen) atoms. The second kappa shape index (κ2) is 8.38. The lowest BCUT2D eigenvalue weighted by molar-refractivity contribution is -0.134. The number of aromatic nitrogens is 2. The maximum absolute atomic E-state index is 13.5. The Morgan fingerprint density at radius 3 is 2.50 bits per heavy atom.